The van der Waals surface area contributed by atoms with Crippen molar-refractivity contribution in [3.8, 4) is 5.88 Å². The van der Waals surface area contributed by atoms with Crippen LogP contribution in [0.25, 0.3) is 10.9 Å². The summed E-state index contributed by atoms with van der Waals surface area (Å²) in [6, 6.07) is 11.0. The molecule has 0 unspecified atom stereocenters. The molecule has 3 rings (SSSR count). The summed E-state index contributed by atoms with van der Waals surface area (Å²) in [6.07, 6.45) is 1.77. The monoisotopic (exact) mass is 310 g/mol. The summed E-state index contributed by atoms with van der Waals surface area (Å²) in [4.78, 5) is 23.3. The van der Waals surface area contributed by atoms with Crippen LogP contribution in [-0.4, -0.2) is 21.1 Å². The van der Waals surface area contributed by atoms with Crippen molar-refractivity contribution < 1.29 is 4.74 Å². The number of nitrogens with zero attached hydrogens (tertiary/aromatic N) is 2. The Bertz CT molecular complexity index is 874. The number of rotatable bonds is 5. The molecule has 0 fully saturated rings. The molecule has 0 amide bonds. The van der Waals surface area contributed by atoms with Gasteiger partial charge in [-0.3, -0.25) is 9.78 Å². The van der Waals surface area contributed by atoms with Gasteiger partial charge < -0.3 is 10.1 Å². The fraction of sp³-hybridized carbons (Fsp3) is 0.235. The summed E-state index contributed by atoms with van der Waals surface area (Å²) in [7, 11) is 0. The molecule has 0 aliphatic heterocycles. The van der Waals surface area contributed by atoms with Gasteiger partial charge in [0.25, 0.3) is 5.56 Å². The van der Waals surface area contributed by atoms with E-state index in [4.69, 9.17) is 4.74 Å². The molecule has 6 heteroatoms. The molecular formula is C17H18N4O2. The van der Waals surface area contributed by atoms with E-state index < -0.39 is 0 Å². The van der Waals surface area contributed by atoms with Crippen molar-refractivity contribution in [1.29, 1.82) is 0 Å². The van der Waals surface area contributed by atoms with E-state index in [0.717, 1.165) is 5.56 Å². The van der Waals surface area contributed by atoms with E-state index in [9.17, 15) is 4.79 Å². The highest BCUT2D eigenvalue weighted by atomic mass is 16.5. The number of pyridine rings is 1. The van der Waals surface area contributed by atoms with Crippen LogP contribution in [0.1, 0.15) is 19.4 Å². The van der Waals surface area contributed by atoms with E-state index >= 15 is 0 Å². The number of benzene rings is 1. The van der Waals surface area contributed by atoms with Gasteiger partial charge in [0.05, 0.1) is 17.0 Å². The summed E-state index contributed by atoms with van der Waals surface area (Å²) in [6.45, 7) is 4.42. The zero-order valence-corrected chi connectivity index (χ0v) is 13.0. The third kappa shape index (κ3) is 3.66. The van der Waals surface area contributed by atoms with Crippen LogP contribution < -0.4 is 15.6 Å². The molecule has 0 bridgehead atoms. The zero-order valence-electron chi connectivity index (χ0n) is 13.0. The first-order valence-electron chi connectivity index (χ1n) is 7.46. The third-order valence-electron chi connectivity index (χ3n) is 3.23. The molecule has 23 heavy (non-hydrogen) atoms. The van der Waals surface area contributed by atoms with Crippen molar-refractivity contribution in [2.75, 3.05) is 5.32 Å². The van der Waals surface area contributed by atoms with E-state index in [1.54, 1.807) is 12.3 Å². The first-order valence-corrected chi connectivity index (χ1v) is 7.46. The largest absolute Gasteiger partial charge is 0.475 e. The Labute approximate surface area is 133 Å². The fourth-order valence-corrected chi connectivity index (χ4v) is 2.22. The molecule has 2 aromatic heterocycles. The lowest BCUT2D eigenvalue weighted by molar-refractivity contribution is 0.232. The van der Waals surface area contributed by atoms with Crippen LogP contribution in [0, 0.1) is 0 Å². The Morgan fingerprint density at radius 3 is 2.91 bits per heavy atom. The van der Waals surface area contributed by atoms with Crippen molar-refractivity contribution in [3.63, 3.8) is 0 Å². The van der Waals surface area contributed by atoms with Crippen LogP contribution in [0.3, 0.4) is 0 Å². The van der Waals surface area contributed by atoms with Crippen LogP contribution in [0.15, 0.2) is 47.4 Å². The van der Waals surface area contributed by atoms with Crippen LogP contribution >= 0.6 is 0 Å². The average molecular weight is 310 g/mol. The van der Waals surface area contributed by atoms with Gasteiger partial charge in [-0.1, -0.05) is 12.1 Å². The minimum absolute atomic E-state index is 0.0734. The first-order chi connectivity index (χ1) is 11.1. The van der Waals surface area contributed by atoms with Crippen LogP contribution in [0.4, 0.5) is 5.95 Å². The maximum absolute atomic E-state index is 12.0. The Kier molecular flexibility index (Phi) is 4.23. The van der Waals surface area contributed by atoms with Gasteiger partial charge in [0.1, 0.15) is 0 Å². The number of aromatic amines is 1. The van der Waals surface area contributed by atoms with Crippen LogP contribution in [0.5, 0.6) is 5.88 Å². The molecule has 1 aromatic carbocycles. The molecule has 6 nitrogen and oxygen atoms in total. The quantitative estimate of drug-likeness (QED) is 0.757. The number of ether oxygens (including phenoxy) is 1. The maximum Gasteiger partial charge on any atom is 0.260 e. The number of nitrogens with one attached hydrogen (secondary N) is 2. The van der Waals surface area contributed by atoms with E-state index in [-0.39, 0.29) is 11.7 Å². The predicted molar refractivity (Wildman–Crippen MR) is 89.7 cm³/mol. The number of fused-ring (bicyclic) bond motifs is 1. The molecule has 0 aliphatic rings. The summed E-state index contributed by atoms with van der Waals surface area (Å²) < 4.78 is 5.57. The Morgan fingerprint density at radius 1 is 1.26 bits per heavy atom. The highest BCUT2D eigenvalue weighted by Crippen LogP contribution is 2.13. The van der Waals surface area contributed by atoms with Gasteiger partial charge in [-0.25, -0.2) is 9.97 Å². The van der Waals surface area contributed by atoms with Crippen LogP contribution in [0.2, 0.25) is 0 Å². The smallest absolute Gasteiger partial charge is 0.260 e. The molecule has 3 aromatic rings. The normalized spacial score (nSPS) is 10.9. The average Bonchev–Trinajstić information content (AvgIpc) is 2.53. The molecule has 0 saturated heterocycles. The molecule has 0 radical (unpaired) electrons. The first kappa shape index (κ1) is 15.0. The zero-order chi connectivity index (χ0) is 16.2. The molecule has 0 atom stereocenters. The van der Waals surface area contributed by atoms with Gasteiger partial charge in [0.15, 0.2) is 0 Å². The number of hydrogen-bond acceptors (Lipinski definition) is 5. The van der Waals surface area contributed by atoms with Gasteiger partial charge in [-0.15, -0.1) is 0 Å². The fourth-order valence-electron chi connectivity index (χ4n) is 2.22. The second-order valence-corrected chi connectivity index (χ2v) is 5.45. The lowest BCUT2D eigenvalue weighted by atomic mass is 10.2. The molecule has 0 spiro atoms. The molecule has 2 heterocycles. The van der Waals surface area contributed by atoms with Gasteiger partial charge in [0.2, 0.25) is 11.8 Å². The highest BCUT2D eigenvalue weighted by molar-refractivity contribution is 5.78. The molecular weight excluding hydrogens is 292 g/mol. The van der Waals surface area contributed by atoms with E-state index in [0.29, 0.717) is 29.3 Å². The Morgan fingerprint density at radius 2 is 2.09 bits per heavy atom. The van der Waals surface area contributed by atoms with E-state index in [1.807, 2.05) is 44.2 Å². The van der Waals surface area contributed by atoms with Gasteiger partial charge >= 0.3 is 0 Å². The van der Waals surface area contributed by atoms with Gasteiger partial charge in [0, 0.05) is 18.8 Å². The number of anilines is 1. The number of H-pyrrole nitrogens is 1. The highest BCUT2D eigenvalue weighted by Gasteiger charge is 2.04. The van der Waals surface area contributed by atoms with Crippen molar-refractivity contribution in [3.05, 3.63) is 58.5 Å². The Balaban J connectivity index is 1.77. The topological polar surface area (TPSA) is 79.9 Å². The van der Waals surface area contributed by atoms with E-state index in [1.165, 1.54) is 0 Å². The lowest BCUT2D eigenvalue weighted by Gasteiger charge is -2.10. The molecule has 118 valence electrons. The minimum atomic E-state index is -0.156. The SMILES string of the molecule is CC(C)Oc1cc(CNc2nc3ccccc3c(=O)[nH]2)ccn1. The van der Waals surface area contributed by atoms with Crippen molar-refractivity contribution in [2.45, 2.75) is 26.5 Å². The standard InChI is InChI=1S/C17H18N4O2/c1-11(2)23-15-9-12(7-8-18-15)10-19-17-20-14-6-4-3-5-13(14)16(22)21-17/h3-9,11H,10H2,1-2H3,(H2,19,20,21,22). The second kappa shape index (κ2) is 6.48. The van der Waals surface area contributed by atoms with Crippen LogP contribution in [-0.2, 0) is 6.54 Å². The molecule has 0 aliphatic carbocycles. The number of hydrogen-bond donors (Lipinski definition) is 2. The third-order valence-corrected chi connectivity index (χ3v) is 3.23. The van der Waals surface area contributed by atoms with Crippen molar-refractivity contribution >= 4 is 16.9 Å². The molecule has 2 N–H and O–H groups in total. The summed E-state index contributed by atoms with van der Waals surface area (Å²) in [5.74, 6) is 1.02. The van der Waals surface area contributed by atoms with Gasteiger partial charge in [-0.05, 0) is 37.6 Å². The molecule has 0 saturated carbocycles. The van der Waals surface area contributed by atoms with Crippen molar-refractivity contribution in [1.82, 2.24) is 15.0 Å². The Hall–Kier alpha value is -2.89. The summed E-state index contributed by atoms with van der Waals surface area (Å²) in [5, 5.41) is 3.70. The predicted octanol–water partition coefficient (Wildman–Crippen LogP) is 2.72. The minimum Gasteiger partial charge on any atom is -0.475 e. The van der Waals surface area contributed by atoms with Gasteiger partial charge in [-0.2, -0.15) is 0 Å². The second-order valence-electron chi connectivity index (χ2n) is 5.45. The summed E-state index contributed by atoms with van der Waals surface area (Å²) in [5.41, 5.74) is 1.50. The van der Waals surface area contributed by atoms with Crippen molar-refractivity contribution in [2.24, 2.45) is 0 Å². The number of aromatic nitrogens is 3. The van der Waals surface area contributed by atoms with E-state index in [2.05, 4.69) is 20.3 Å². The maximum atomic E-state index is 12.0. The lowest BCUT2D eigenvalue weighted by Crippen LogP contribution is -2.13. The number of para-hydroxylation sites is 1. The summed E-state index contributed by atoms with van der Waals surface area (Å²) >= 11 is 0.